The number of hydrogen-bond donors (Lipinski definition) is 2. The summed E-state index contributed by atoms with van der Waals surface area (Å²) in [6.07, 6.45) is 0. The summed E-state index contributed by atoms with van der Waals surface area (Å²) >= 11 is 0. The molecule has 0 aromatic carbocycles. The van der Waals surface area contributed by atoms with E-state index >= 15 is 0 Å². The third-order valence-electron chi connectivity index (χ3n) is 1.35. The van der Waals surface area contributed by atoms with Gasteiger partial charge in [-0.15, -0.1) is 0 Å². The molecule has 0 bridgehead atoms. The van der Waals surface area contributed by atoms with Gasteiger partial charge in [0.2, 0.25) is 5.91 Å². The second kappa shape index (κ2) is 4.06. The first-order valence-electron chi connectivity index (χ1n) is 3.31. The Balaban J connectivity index is 3.82. The van der Waals surface area contributed by atoms with E-state index in [1.54, 1.807) is 0 Å². The highest BCUT2D eigenvalue weighted by Gasteiger charge is 2.08. The van der Waals surface area contributed by atoms with Gasteiger partial charge in [-0.2, -0.15) is 0 Å². The van der Waals surface area contributed by atoms with E-state index in [9.17, 15) is 4.79 Å². The first-order chi connectivity index (χ1) is 4.59. The molecule has 3 N–H and O–H groups in total. The normalized spacial score (nSPS) is 12.6. The van der Waals surface area contributed by atoms with E-state index in [1.165, 1.54) is 0 Å². The Morgan fingerprint density at radius 3 is 2.60 bits per heavy atom. The lowest BCUT2D eigenvalue weighted by Crippen LogP contribution is -2.33. The lowest BCUT2D eigenvalue weighted by atomic mass is 10.1. The van der Waals surface area contributed by atoms with E-state index in [4.69, 9.17) is 5.73 Å². The molecule has 1 amide bonds. The zero-order valence-corrected chi connectivity index (χ0v) is 6.48. The predicted molar refractivity (Wildman–Crippen MR) is 41.5 cm³/mol. The van der Waals surface area contributed by atoms with Gasteiger partial charge in [-0.25, -0.2) is 0 Å². The standard InChI is InChI=1S/C7H14N2O/c1-4-9-6(3)5(2)7(8)10/h6,9H,2,4H2,1,3H3,(H2,8,10). The molecule has 3 nitrogen and oxygen atoms in total. The van der Waals surface area contributed by atoms with Crippen molar-refractivity contribution < 1.29 is 4.79 Å². The number of carbonyl (C=O) groups excluding carboxylic acids is 1. The molecule has 0 aromatic heterocycles. The van der Waals surface area contributed by atoms with Crippen LogP contribution in [0.15, 0.2) is 12.2 Å². The number of likely N-dealkylation sites (N-methyl/N-ethyl adjacent to an activating group) is 1. The van der Waals surface area contributed by atoms with Crippen LogP contribution in [0.1, 0.15) is 13.8 Å². The van der Waals surface area contributed by atoms with Crippen LogP contribution in [0.2, 0.25) is 0 Å². The van der Waals surface area contributed by atoms with Crippen molar-refractivity contribution in [3.63, 3.8) is 0 Å². The summed E-state index contributed by atoms with van der Waals surface area (Å²) < 4.78 is 0. The molecular formula is C7H14N2O. The van der Waals surface area contributed by atoms with E-state index in [0.29, 0.717) is 5.57 Å². The molecule has 0 rings (SSSR count). The molecule has 10 heavy (non-hydrogen) atoms. The van der Waals surface area contributed by atoms with Crippen molar-refractivity contribution >= 4 is 5.91 Å². The molecule has 1 unspecified atom stereocenters. The molecule has 0 aliphatic rings. The van der Waals surface area contributed by atoms with Gasteiger partial charge in [0, 0.05) is 11.6 Å². The van der Waals surface area contributed by atoms with Crippen LogP contribution in [0.5, 0.6) is 0 Å². The molecule has 0 spiro atoms. The third-order valence-corrected chi connectivity index (χ3v) is 1.35. The Kier molecular flexibility index (Phi) is 3.72. The summed E-state index contributed by atoms with van der Waals surface area (Å²) in [4.78, 5) is 10.5. The van der Waals surface area contributed by atoms with Crippen molar-refractivity contribution in [2.45, 2.75) is 19.9 Å². The molecule has 58 valence electrons. The molecule has 0 heterocycles. The van der Waals surface area contributed by atoms with Crippen LogP contribution in [-0.4, -0.2) is 18.5 Å². The average molecular weight is 142 g/mol. The fourth-order valence-corrected chi connectivity index (χ4v) is 0.643. The van der Waals surface area contributed by atoms with Gasteiger partial charge in [-0.05, 0) is 13.5 Å². The summed E-state index contributed by atoms with van der Waals surface area (Å²) in [7, 11) is 0. The zero-order valence-electron chi connectivity index (χ0n) is 6.48. The van der Waals surface area contributed by atoms with Crippen LogP contribution in [0, 0.1) is 0 Å². The molecule has 1 atom stereocenters. The second-order valence-corrected chi connectivity index (χ2v) is 2.17. The van der Waals surface area contributed by atoms with Crippen LogP contribution in [0.4, 0.5) is 0 Å². The van der Waals surface area contributed by atoms with Crippen molar-refractivity contribution in [3.8, 4) is 0 Å². The number of carbonyl (C=O) groups is 1. The quantitative estimate of drug-likeness (QED) is 0.544. The topological polar surface area (TPSA) is 55.1 Å². The van der Waals surface area contributed by atoms with Crippen molar-refractivity contribution in [2.75, 3.05) is 6.54 Å². The average Bonchev–Trinajstić information content (AvgIpc) is 1.87. The molecule has 0 saturated heterocycles. The monoisotopic (exact) mass is 142 g/mol. The predicted octanol–water partition coefficient (Wildman–Crippen LogP) is 0.0259. The van der Waals surface area contributed by atoms with Gasteiger partial charge in [0.15, 0.2) is 0 Å². The molecule has 0 saturated carbocycles. The van der Waals surface area contributed by atoms with Crippen LogP contribution < -0.4 is 11.1 Å². The van der Waals surface area contributed by atoms with E-state index in [-0.39, 0.29) is 6.04 Å². The largest absolute Gasteiger partial charge is 0.366 e. The summed E-state index contributed by atoms with van der Waals surface area (Å²) in [5.74, 6) is -0.437. The Bertz CT molecular complexity index is 143. The summed E-state index contributed by atoms with van der Waals surface area (Å²) in [6.45, 7) is 8.17. The van der Waals surface area contributed by atoms with Crippen LogP contribution in [0.3, 0.4) is 0 Å². The van der Waals surface area contributed by atoms with Gasteiger partial charge >= 0.3 is 0 Å². The number of rotatable bonds is 4. The van der Waals surface area contributed by atoms with Gasteiger partial charge in [-0.3, -0.25) is 4.79 Å². The molecular weight excluding hydrogens is 128 g/mol. The van der Waals surface area contributed by atoms with E-state index in [0.717, 1.165) is 6.54 Å². The minimum Gasteiger partial charge on any atom is -0.366 e. The van der Waals surface area contributed by atoms with Crippen LogP contribution in [-0.2, 0) is 4.79 Å². The maximum absolute atomic E-state index is 10.5. The molecule has 0 aliphatic heterocycles. The van der Waals surface area contributed by atoms with Crippen LogP contribution in [0.25, 0.3) is 0 Å². The number of nitrogens with two attached hydrogens (primary N) is 1. The van der Waals surface area contributed by atoms with Gasteiger partial charge in [-0.1, -0.05) is 13.5 Å². The number of nitrogens with one attached hydrogen (secondary N) is 1. The maximum Gasteiger partial charge on any atom is 0.245 e. The van der Waals surface area contributed by atoms with Crippen LogP contribution >= 0.6 is 0 Å². The van der Waals surface area contributed by atoms with Gasteiger partial charge in [0.1, 0.15) is 0 Å². The Morgan fingerprint density at radius 1 is 1.80 bits per heavy atom. The third kappa shape index (κ3) is 2.64. The SMILES string of the molecule is C=C(C(N)=O)C(C)NCC. The fraction of sp³-hybridized carbons (Fsp3) is 0.571. The first-order valence-corrected chi connectivity index (χ1v) is 3.31. The van der Waals surface area contributed by atoms with Gasteiger partial charge in [0.05, 0.1) is 0 Å². The highest BCUT2D eigenvalue weighted by Crippen LogP contribution is 1.95. The maximum atomic E-state index is 10.5. The van der Waals surface area contributed by atoms with Crippen molar-refractivity contribution in [1.82, 2.24) is 5.32 Å². The van der Waals surface area contributed by atoms with Crippen molar-refractivity contribution in [1.29, 1.82) is 0 Å². The minimum atomic E-state index is -0.437. The lowest BCUT2D eigenvalue weighted by molar-refractivity contribution is -0.114. The Hall–Kier alpha value is -0.830. The Morgan fingerprint density at radius 2 is 2.30 bits per heavy atom. The highest BCUT2D eigenvalue weighted by molar-refractivity contribution is 5.92. The Labute approximate surface area is 61.3 Å². The molecule has 0 fully saturated rings. The highest BCUT2D eigenvalue weighted by atomic mass is 16.1. The summed E-state index contributed by atoms with van der Waals surface area (Å²) in [5, 5.41) is 3.03. The summed E-state index contributed by atoms with van der Waals surface area (Å²) in [5.41, 5.74) is 5.42. The molecule has 0 aliphatic carbocycles. The first kappa shape index (κ1) is 9.17. The zero-order chi connectivity index (χ0) is 8.15. The van der Waals surface area contributed by atoms with E-state index in [2.05, 4.69) is 11.9 Å². The molecule has 0 radical (unpaired) electrons. The van der Waals surface area contributed by atoms with Crippen molar-refractivity contribution in [2.24, 2.45) is 5.73 Å². The van der Waals surface area contributed by atoms with Gasteiger partial charge in [0.25, 0.3) is 0 Å². The van der Waals surface area contributed by atoms with E-state index in [1.807, 2.05) is 13.8 Å². The number of primary amides is 1. The number of amides is 1. The van der Waals surface area contributed by atoms with E-state index < -0.39 is 5.91 Å². The smallest absolute Gasteiger partial charge is 0.245 e. The second-order valence-electron chi connectivity index (χ2n) is 2.17. The van der Waals surface area contributed by atoms with Crippen molar-refractivity contribution in [3.05, 3.63) is 12.2 Å². The molecule has 3 heteroatoms. The lowest BCUT2D eigenvalue weighted by Gasteiger charge is -2.11. The minimum absolute atomic E-state index is 0.0116. The number of hydrogen-bond acceptors (Lipinski definition) is 2. The molecule has 0 aromatic rings. The van der Waals surface area contributed by atoms with Gasteiger partial charge < -0.3 is 11.1 Å². The fourth-order valence-electron chi connectivity index (χ4n) is 0.643. The summed E-state index contributed by atoms with van der Waals surface area (Å²) in [6, 6.07) is -0.0116.